The van der Waals surface area contributed by atoms with E-state index < -0.39 is 42.0 Å². The van der Waals surface area contributed by atoms with Gasteiger partial charge in [0.05, 0.1) is 18.1 Å². The zero-order valence-electron chi connectivity index (χ0n) is 19.2. The van der Waals surface area contributed by atoms with E-state index in [-0.39, 0.29) is 30.2 Å². The number of amides is 1. The molecule has 1 fully saturated rings. The Kier molecular flexibility index (Phi) is 14.0. The predicted molar refractivity (Wildman–Crippen MR) is 125 cm³/mol. The van der Waals surface area contributed by atoms with Gasteiger partial charge in [0.1, 0.15) is 6.04 Å². The summed E-state index contributed by atoms with van der Waals surface area (Å²) in [6.07, 6.45) is 3.09. The van der Waals surface area contributed by atoms with Crippen molar-refractivity contribution in [2.75, 3.05) is 12.0 Å². The average Bonchev–Trinajstić information content (AvgIpc) is 3.01. The molecule has 11 nitrogen and oxygen atoms in total. The Bertz CT molecular complexity index is 642. The Morgan fingerprint density at radius 2 is 1.75 bits per heavy atom. The monoisotopic (exact) mass is 477 g/mol. The number of aliphatic carboxylic acids is 2. The van der Waals surface area contributed by atoms with Gasteiger partial charge in [0.15, 0.2) is 5.96 Å². The van der Waals surface area contributed by atoms with Crippen molar-refractivity contribution >= 4 is 35.6 Å². The Hall–Kier alpha value is -2.05. The van der Waals surface area contributed by atoms with Crippen LogP contribution in [0.1, 0.15) is 46.5 Å². The second-order valence-corrected chi connectivity index (χ2v) is 8.88. The van der Waals surface area contributed by atoms with Crippen molar-refractivity contribution in [3.63, 3.8) is 0 Å². The maximum atomic E-state index is 11.6. The van der Waals surface area contributed by atoms with Gasteiger partial charge in [-0.2, -0.15) is 11.8 Å². The van der Waals surface area contributed by atoms with Gasteiger partial charge in [0.25, 0.3) is 0 Å². The summed E-state index contributed by atoms with van der Waals surface area (Å²) in [4.78, 5) is 37.2. The fourth-order valence-corrected chi connectivity index (χ4v) is 4.50. The third kappa shape index (κ3) is 9.61. The zero-order chi connectivity index (χ0) is 25.0. The molecule has 0 aromatic heterocycles. The van der Waals surface area contributed by atoms with E-state index in [0.29, 0.717) is 6.42 Å². The van der Waals surface area contributed by atoms with Gasteiger partial charge in [-0.1, -0.05) is 26.7 Å². The van der Waals surface area contributed by atoms with Crippen molar-refractivity contribution in [3.05, 3.63) is 0 Å². The Morgan fingerprint density at radius 3 is 2.12 bits per heavy atom. The first-order valence-corrected chi connectivity index (χ1v) is 12.0. The highest BCUT2D eigenvalue weighted by atomic mass is 32.2. The quantitative estimate of drug-likeness (QED) is 0.154. The van der Waals surface area contributed by atoms with Crippen LogP contribution in [-0.4, -0.2) is 75.4 Å². The molecule has 0 saturated heterocycles. The molecule has 10 N–H and O–H groups in total. The topological polar surface area (TPSA) is 214 Å². The molecule has 1 amide bonds. The van der Waals surface area contributed by atoms with Gasteiger partial charge >= 0.3 is 11.9 Å². The second kappa shape index (κ2) is 14.9. The summed E-state index contributed by atoms with van der Waals surface area (Å²) in [6, 6.07) is -1.60. The normalized spacial score (nSPS) is 24.1. The molecule has 1 aliphatic carbocycles. The number of hydrogen-bond acceptors (Lipinski definition) is 7. The van der Waals surface area contributed by atoms with E-state index in [1.807, 2.05) is 20.1 Å². The van der Waals surface area contributed by atoms with E-state index in [9.17, 15) is 24.6 Å². The molecule has 0 aromatic carbocycles. The molecular formula is C20H39N5O6S. The molecule has 6 atom stereocenters. The number of thioether (sulfide) groups is 1. The van der Waals surface area contributed by atoms with Crippen LogP contribution in [0.25, 0.3) is 0 Å². The van der Waals surface area contributed by atoms with E-state index in [1.54, 1.807) is 11.8 Å². The molecule has 32 heavy (non-hydrogen) atoms. The minimum absolute atomic E-state index is 0.0998. The molecule has 0 aromatic rings. The molecule has 0 spiro atoms. The number of carboxylic acids is 2. The van der Waals surface area contributed by atoms with Gasteiger partial charge in [-0.05, 0) is 30.8 Å². The number of hydrogen-bond donors (Lipinski definition) is 7. The molecule has 1 unspecified atom stereocenters. The number of aliphatic hydroxyl groups excluding tert-OH is 1. The number of guanidine groups is 1. The van der Waals surface area contributed by atoms with E-state index in [2.05, 4.69) is 10.3 Å². The largest absolute Gasteiger partial charge is 0.481 e. The summed E-state index contributed by atoms with van der Waals surface area (Å²) in [5.74, 6) is -2.94. The maximum Gasteiger partial charge on any atom is 0.320 e. The molecule has 0 radical (unpaired) electrons. The average molecular weight is 478 g/mol. The summed E-state index contributed by atoms with van der Waals surface area (Å²) < 4.78 is 0. The molecule has 0 aliphatic heterocycles. The number of carbonyl (C=O) groups excluding carboxylic acids is 1. The molecule has 0 heterocycles. The summed E-state index contributed by atoms with van der Waals surface area (Å²) >= 11 is 1.60. The van der Waals surface area contributed by atoms with Gasteiger partial charge < -0.3 is 37.8 Å². The Labute approximate surface area is 193 Å². The Morgan fingerprint density at radius 1 is 1.19 bits per heavy atom. The fourth-order valence-electron chi connectivity index (χ4n) is 4.01. The van der Waals surface area contributed by atoms with Crippen LogP contribution < -0.4 is 22.5 Å². The molecule has 186 valence electrons. The molecule has 1 aliphatic rings. The Balaban J connectivity index is 0.000000900. The summed E-state index contributed by atoms with van der Waals surface area (Å²) in [5.41, 5.74) is 16.1. The number of carbonyl (C=O) groups is 3. The van der Waals surface area contributed by atoms with E-state index in [4.69, 9.17) is 22.3 Å². The molecule has 12 heteroatoms. The smallest absolute Gasteiger partial charge is 0.320 e. The lowest BCUT2D eigenvalue weighted by atomic mass is 9.80. The number of rotatable bonds is 11. The number of aliphatic hydroxyl groups is 1. The van der Waals surface area contributed by atoms with E-state index in [0.717, 1.165) is 18.6 Å². The summed E-state index contributed by atoms with van der Waals surface area (Å²) in [5, 5.41) is 31.0. The third-order valence-corrected chi connectivity index (χ3v) is 6.31. The van der Waals surface area contributed by atoms with Gasteiger partial charge in [-0.3, -0.25) is 14.4 Å². The van der Waals surface area contributed by atoms with Crippen LogP contribution >= 0.6 is 11.8 Å². The predicted octanol–water partition coefficient (Wildman–Crippen LogP) is -0.198. The molecular weight excluding hydrogens is 438 g/mol. The van der Waals surface area contributed by atoms with Gasteiger partial charge in [0.2, 0.25) is 5.91 Å². The van der Waals surface area contributed by atoms with Crippen molar-refractivity contribution in [3.8, 4) is 0 Å². The second-order valence-electron chi connectivity index (χ2n) is 7.90. The first-order chi connectivity index (χ1) is 14.9. The van der Waals surface area contributed by atoms with Crippen molar-refractivity contribution in [1.82, 2.24) is 5.32 Å². The first-order valence-electron chi connectivity index (χ1n) is 10.6. The van der Waals surface area contributed by atoms with Crippen LogP contribution in [0, 0.1) is 17.8 Å². The fraction of sp³-hybridized carbons (Fsp3) is 0.800. The third-order valence-electron chi connectivity index (χ3n) is 5.67. The van der Waals surface area contributed by atoms with Crippen LogP contribution in [0.4, 0.5) is 0 Å². The van der Waals surface area contributed by atoms with Gasteiger partial charge in [-0.15, -0.1) is 0 Å². The maximum absolute atomic E-state index is 11.6. The van der Waals surface area contributed by atoms with Gasteiger partial charge in [0, 0.05) is 18.9 Å². The minimum Gasteiger partial charge on any atom is -0.481 e. The van der Waals surface area contributed by atoms with Crippen LogP contribution in [0.3, 0.4) is 0 Å². The van der Waals surface area contributed by atoms with Crippen LogP contribution in [0.5, 0.6) is 0 Å². The van der Waals surface area contributed by atoms with E-state index in [1.165, 1.54) is 6.92 Å². The standard InChI is InChI=1S/C15H28N4O4.C5H11NO2S/c1-4-8(5-2)12(18-7(3)20)11-10(19-15(16)17)6-9(13(11)21)14(22)23;1-9-3-2-4(6)5(7)8/h8-13,21H,4-6H2,1-3H3,(H,18,20)(H,22,23)(H4,16,17,19);4H,2-3,6H2,1H3,(H,7,8)/t9-,10+,11+,12-,13+;/m0./s1. The van der Waals surface area contributed by atoms with Crippen molar-refractivity contribution < 1.29 is 29.7 Å². The first kappa shape index (κ1) is 29.9. The lowest BCUT2D eigenvalue weighted by Gasteiger charge is -2.35. The number of nitrogens with two attached hydrogens (primary N) is 3. The highest BCUT2D eigenvalue weighted by molar-refractivity contribution is 7.98. The lowest BCUT2D eigenvalue weighted by molar-refractivity contribution is -0.145. The summed E-state index contributed by atoms with van der Waals surface area (Å²) in [6.45, 7) is 5.39. The zero-order valence-corrected chi connectivity index (χ0v) is 20.0. The van der Waals surface area contributed by atoms with E-state index >= 15 is 0 Å². The highest BCUT2D eigenvalue weighted by Crippen LogP contribution is 2.39. The van der Waals surface area contributed by atoms with Gasteiger partial charge in [-0.25, -0.2) is 4.99 Å². The van der Waals surface area contributed by atoms with Crippen LogP contribution in [0.15, 0.2) is 4.99 Å². The van der Waals surface area contributed by atoms with Crippen molar-refractivity contribution in [1.29, 1.82) is 0 Å². The van der Waals surface area contributed by atoms with Crippen LogP contribution in [0.2, 0.25) is 0 Å². The number of nitrogens with zero attached hydrogens (tertiary/aromatic N) is 1. The SMILES string of the molecule is CCC(CC)[C@H](NC(C)=O)[C@@H]1[C@H](O)[C@@H](C(=O)O)C[C@H]1N=C(N)N.CSCCC(N)C(=O)O. The minimum atomic E-state index is -1.11. The summed E-state index contributed by atoms with van der Waals surface area (Å²) in [7, 11) is 0. The molecule has 1 rings (SSSR count). The van der Waals surface area contributed by atoms with Crippen molar-refractivity contribution in [2.24, 2.45) is 39.9 Å². The highest BCUT2D eigenvalue weighted by Gasteiger charge is 2.50. The number of aliphatic imine (C=N–C) groups is 1. The lowest BCUT2D eigenvalue weighted by Crippen LogP contribution is -2.51. The molecule has 1 saturated carbocycles. The number of carboxylic acid groups (broad SMARTS) is 2. The number of nitrogens with one attached hydrogen (secondary N) is 1. The molecule has 0 bridgehead atoms. The van der Waals surface area contributed by atoms with Crippen LogP contribution in [-0.2, 0) is 14.4 Å². The van der Waals surface area contributed by atoms with Crippen molar-refractivity contribution in [2.45, 2.75) is 70.7 Å².